The summed E-state index contributed by atoms with van der Waals surface area (Å²) >= 11 is 0. The predicted molar refractivity (Wildman–Crippen MR) is 144 cm³/mol. The molecule has 2 saturated carbocycles. The molecule has 2 fully saturated rings. The predicted octanol–water partition coefficient (Wildman–Crippen LogP) is 3.11. The van der Waals surface area contributed by atoms with E-state index in [0.717, 1.165) is 0 Å². The van der Waals surface area contributed by atoms with Crippen molar-refractivity contribution in [3.63, 3.8) is 0 Å². The molecule has 11 heteroatoms. The first-order valence-electron chi connectivity index (χ1n) is 14.0. The van der Waals surface area contributed by atoms with Gasteiger partial charge in [-0.25, -0.2) is 4.79 Å². The zero-order valence-electron chi connectivity index (χ0n) is 24.9. The van der Waals surface area contributed by atoms with Gasteiger partial charge in [0.15, 0.2) is 12.2 Å². The van der Waals surface area contributed by atoms with Crippen molar-refractivity contribution in [2.75, 3.05) is 6.61 Å². The fourth-order valence-corrected chi connectivity index (χ4v) is 7.13. The lowest BCUT2D eigenvalue weighted by atomic mass is 9.41. The number of rotatable bonds is 9. The molecule has 3 rings (SSSR count). The summed E-state index contributed by atoms with van der Waals surface area (Å²) in [5.74, 6) is -3.88. The number of hydrogen-bond acceptors (Lipinski definition) is 11. The van der Waals surface area contributed by atoms with Crippen LogP contribution in [0.25, 0.3) is 0 Å². The van der Waals surface area contributed by atoms with Gasteiger partial charge in [-0.15, -0.1) is 0 Å². The molecule has 41 heavy (non-hydrogen) atoms. The molecule has 11 nitrogen and oxygen atoms in total. The lowest BCUT2D eigenvalue weighted by Gasteiger charge is -2.67. The Morgan fingerprint density at radius 3 is 2.20 bits per heavy atom. The molecule has 0 aromatic rings. The summed E-state index contributed by atoms with van der Waals surface area (Å²) in [4.78, 5) is 62.2. The van der Waals surface area contributed by atoms with Crippen molar-refractivity contribution < 1.29 is 52.8 Å². The SMILES string of the molecule is C=C1CCC(OC(C)=O)C2C1(C)C(OC(C)=O)C(OC(=O)CCC)C(C)(O)C2(C)C(CC1=CC(=O)OC1)OC(C)=O. The molecule has 8 atom stereocenters. The van der Waals surface area contributed by atoms with Gasteiger partial charge < -0.3 is 28.8 Å². The van der Waals surface area contributed by atoms with Gasteiger partial charge in [0.2, 0.25) is 0 Å². The van der Waals surface area contributed by atoms with Gasteiger partial charge >= 0.3 is 29.8 Å². The first-order chi connectivity index (χ1) is 19.0. The van der Waals surface area contributed by atoms with Crippen LogP contribution in [-0.4, -0.2) is 71.6 Å². The monoisotopic (exact) mass is 578 g/mol. The van der Waals surface area contributed by atoms with Gasteiger partial charge in [0.25, 0.3) is 0 Å². The Bertz CT molecular complexity index is 1140. The Morgan fingerprint density at radius 1 is 1.05 bits per heavy atom. The fraction of sp³-hybridized carbons (Fsp3) is 0.700. The quantitative estimate of drug-likeness (QED) is 0.244. The molecule has 0 bridgehead atoms. The van der Waals surface area contributed by atoms with Crippen LogP contribution >= 0.6 is 0 Å². The summed E-state index contributed by atoms with van der Waals surface area (Å²) in [5, 5.41) is 12.6. The molecule has 0 spiro atoms. The van der Waals surface area contributed by atoms with E-state index >= 15 is 0 Å². The molecule has 8 unspecified atom stereocenters. The molecular weight excluding hydrogens is 536 g/mol. The van der Waals surface area contributed by atoms with Crippen LogP contribution in [0.3, 0.4) is 0 Å². The van der Waals surface area contributed by atoms with Crippen LogP contribution in [0.1, 0.15) is 80.6 Å². The third kappa shape index (κ3) is 5.91. The Balaban J connectivity index is 2.35. The molecule has 1 N–H and O–H groups in total. The molecule has 1 heterocycles. The molecule has 1 aliphatic heterocycles. The van der Waals surface area contributed by atoms with Crippen LogP contribution < -0.4 is 0 Å². The van der Waals surface area contributed by atoms with Crippen molar-refractivity contribution in [3.8, 4) is 0 Å². The first-order valence-corrected chi connectivity index (χ1v) is 14.0. The molecule has 0 aromatic heterocycles. The summed E-state index contributed by atoms with van der Waals surface area (Å²) in [5.41, 5.74) is -3.60. The van der Waals surface area contributed by atoms with E-state index in [2.05, 4.69) is 6.58 Å². The molecule has 228 valence electrons. The van der Waals surface area contributed by atoms with E-state index in [1.54, 1.807) is 20.8 Å². The van der Waals surface area contributed by atoms with E-state index in [9.17, 15) is 29.1 Å². The largest absolute Gasteiger partial charge is 0.462 e. The van der Waals surface area contributed by atoms with Gasteiger partial charge in [0.05, 0.1) is 0 Å². The first kappa shape index (κ1) is 32.3. The van der Waals surface area contributed by atoms with Gasteiger partial charge in [-0.05, 0) is 31.8 Å². The minimum Gasteiger partial charge on any atom is -0.462 e. The molecule has 3 aliphatic rings. The molecular formula is C30H42O11. The second kappa shape index (κ2) is 12.0. The number of hydrogen-bond donors (Lipinski definition) is 1. The summed E-state index contributed by atoms with van der Waals surface area (Å²) in [6, 6.07) is 0. The Morgan fingerprint density at radius 2 is 1.68 bits per heavy atom. The minimum absolute atomic E-state index is 0.00231. The molecule has 0 saturated heterocycles. The second-order valence-corrected chi connectivity index (χ2v) is 11.9. The third-order valence-corrected chi connectivity index (χ3v) is 9.14. The van der Waals surface area contributed by atoms with Crippen LogP contribution in [0.15, 0.2) is 23.8 Å². The smallest absolute Gasteiger partial charge is 0.331 e. The molecule has 0 amide bonds. The highest BCUT2D eigenvalue weighted by molar-refractivity contribution is 5.85. The van der Waals surface area contributed by atoms with E-state index in [4.69, 9.17) is 23.7 Å². The van der Waals surface area contributed by atoms with Gasteiger partial charge in [0, 0.05) is 56.4 Å². The molecule has 0 aromatic carbocycles. The number of esters is 5. The lowest BCUT2D eigenvalue weighted by molar-refractivity contribution is -0.313. The average Bonchev–Trinajstić information content (AvgIpc) is 3.26. The van der Waals surface area contributed by atoms with Crippen molar-refractivity contribution >= 4 is 29.8 Å². The van der Waals surface area contributed by atoms with Crippen LogP contribution in [0.5, 0.6) is 0 Å². The maximum atomic E-state index is 12.9. The zero-order valence-corrected chi connectivity index (χ0v) is 24.9. The van der Waals surface area contributed by atoms with E-state index in [-0.39, 0.29) is 19.4 Å². The van der Waals surface area contributed by atoms with Gasteiger partial charge in [0.1, 0.15) is 24.4 Å². The summed E-state index contributed by atoms with van der Waals surface area (Å²) < 4.78 is 28.6. The van der Waals surface area contributed by atoms with Gasteiger partial charge in [-0.1, -0.05) is 32.9 Å². The topological polar surface area (TPSA) is 152 Å². The highest BCUT2D eigenvalue weighted by Crippen LogP contribution is 2.66. The third-order valence-electron chi connectivity index (χ3n) is 9.14. The number of ether oxygens (including phenoxy) is 5. The van der Waals surface area contributed by atoms with Crippen molar-refractivity contribution in [2.24, 2.45) is 16.7 Å². The van der Waals surface area contributed by atoms with Crippen molar-refractivity contribution in [1.82, 2.24) is 0 Å². The maximum Gasteiger partial charge on any atom is 0.331 e. The van der Waals surface area contributed by atoms with E-state index in [0.29, 0.717) is 30.4 Å². The number of carbonyl (C=O) groups excluding carboxylic acids is 5. The minimum atomic E-state index is -2.03. The normalized spacial score (nSPS) is 35.4. The van der Waals surface area contributed by atoms with Crippen molar-refractivity contribution in [2.45, 2.75) is 111 Å². The van der Waals surface area contributed by atoms with Crippen LogP contribution in [0.2, 0.25) is 0 Å². The zero-order chi connectivity index (χ0) is 30.9. The Hall–Kier alpha value is -3.21. The number of carbonyl (C=O) groups is 5. The van der Waals surface area contributed by atoms with Crippen molar-refractivity contribution in [3.05, 3.63) is 23.8 Å². The van der Waals surface area contributed by atoms with Gasteiger partial charge in [-0.2, -0.15) is 0 Å². The number of cyclic esters (lactones) is 1. The highest BCUT2D eigenvalue weighted by Gasteiger charge is 2.75. The summed E-state index contributed by atoms with van der Waals surface area (Å²) in [6.07, 6.45) is -2.01. The van der Waals surface area contributed by atoms with E-state index < -0.39 is 76.6 Å². The van der Waals surface area contributed by atoms with E-state index in [1.807, 2.05) is 0 Å². The van der Waals surface area contributed by atoms with Crippen LogP contribution in [-0.2, 0) is 47.7 Å². The Kier molecular flexibility index (Phi) is 9.42. The van der Waals surface area contributed by atoms with Crippen LogP contribution in [0, 0.1) is 16.7 Å². The van der Waals surface area contributed by atoms with Crippen molar-refractivity contribution in [1.29, 1.82) is 0 Å². The summed E-state index contributed by atoms with van der Waals surface area (Å²) in [6.45, 7) is 14.7. The number of fused-ring (bicyclic) bond motifs is 1. The molecule has 2 aliphatic carbocycles. The number of aliphatic hydroxyl groups is 1. The van der Waals surface area contributed by atoms with E-state index in [1.165, 1.54) is 33.8 Å². The summed E-state index contributed by atoms with van der Waals surface area (Å²) in [7, 11) is 0. The fourth-order valence-electron chi connectivity index (χ4n) is 7.13. The van der Waals surface area contributed by atoms with Crippen LogP contribution in [0.4, 0.5) is 0 Å². The Labute approximate surface area is 240 Å². The van der Waals surface area contributed by atoms with Gasteiger partial charge in [-0.3, -0.25) is 19.2 Å². The molecule has 0 radical (unpaired) electrons. The average molecular weight is 579 g/mol. The second-order valence-electron chi connectivity index (χ2n) is 11.9. The maximum absolute atomic E-state index is 12.9. The highest BCUT2D eigenvalue weighted by atomic mass is 16.6. The lowest BCUT2D eigenvalue weighted by Crippen LogP contribution is -2.78. The standard InChI is InChI=1S/C30H42O11/c1-9-10-23(34)41-27-26(40-19(5)33)28(6)16(2)11-12-21(38-17(3)31)25(28)29(7,30(27,8)36)22(39-18(4)32)13-20-14-24(35)37-15-20/h14,21-22,25-27,36H,2,9-13,15H2,1,3-8H3.